The van der Waals surface area contributed by atoms with Gasteiger partial charge in [0.2, 0.25) is 45.4 Å². The zero-order valence-electron chi connectivity index (χ0n) is 19.2. The Labute approximate surface area is 199 Å². The van der Waals surface area contributed by atoms with Gasteiger partial charge in [-0.1, -0.05) is 0 Å². The molecule has 36 heavy (non-hydrogen) atoms. The Hall–Kier alpha value is -5.00. The fourth-order valence-electron chi connectivity index (χ4n) is 4.29. The first kappa shape index (κ1) is 22.8. The largest absolute Gasteiger partial charge is 0.504 e. The van der Waals surface area contributed by atoms with E-state index in [1.165, 1.54) is 40.6 Å². The summed E-state index contributed by atoms with van der Waals surface area (Å²) < 4.78 is 31.9. The van der Waals surface area contributed by atoms with Gasteiger partial charge < -0.3 is 48.2 Å². The average molecular weight is 498 g/mol. The van der Waals surface area contributed by atoms with Crippen LogP contribution >= 0.6 is 0 Å². The fourth-order valence-corrected chi connectivity index (χ4v) is 4.29. The number of benzene rings is 3. The summed E-state index contributed by atoms with van der Waals surface area (Å²) >= 11 is 0. The summed E-state index contributed by atoms with van der Waals surface area (Å²) in [5.41, 5.74) is -3.03. The highest BCUT2D eigenvalue weighted by Crippen LogP contribution is 2.51. The minimum Gasteiger partial charge on any atom is -0.504 e. The molecule has 0 unspecified atom stereocenters. The maximum absolute atomic E-state index is 13.4. The molecule has 5 rings (SSSR count). The smallest absolute Gasteiger partial charge is 0.211 e. The van der Waals surface area contributed by atoms with Crippen LogP contribution < -0.4 is 29.8 Å². The van der Waals surface area contributed by atoms with Crippen LogP contribution in [0.1, 0.15) is 0 Å². The summed E-state index contributed by atoms with van der Waals surface area (Å²) in [5, 5.41) is 41.7. The minimum atomic E-state index is -0.774. The van der Waals surface area contributed by atoms with Crippen LogP contribution in [-0.4, -0.2) is 48.9 Å². The average Bonchev–Trinajstić information content (AvgIpc) is 2.87. The van der Waals surface area contributed by atoms with Gasteiger partial charge in [0.05, 0.1) is 39.2 Å². The lowest BCUT2D eigenvalue weighted by Gasteiger charge is -2.15. The summed E-state index contributed by atoms with van der Waals surface area (Å²) in [7, 11) is 4.84. The molecule has 0 spiro atoms. The second kappa shape index (κ2) is 7.77. The Balaban J connectivity index is 2.05. The molecule has 0 amide bonds. The maximum Gasteiger partial charge on any atom is 0.211 e. The summed E-state index contributed by atoms with van der Waals surface area (Å²) in [6.45, 7) is 0. The molecule has 0 aliphatic heterocycles. The van der Waals surface area contributed by atoms with E-state index in [9.17, 15) is 30.0 Å². The molecule has 0 bridgehead atoms. The molecular weight excluding hydrogens is 480 g/mol. The van der Waals surface area contributed by atoms with Crippen molar-refractivity contribution in [2.75, 3.05) is 28.4 Å². The highest BCUT2D eigenvalue weighted by atomic mass is 16.5. The van der Waals surface area contributed by atoms with E-state index in [0.717, 1.165) is 0 Å². The number of hydrogen-bond acceptors (Lipinski definition) is 12. The second-order valence-corrected chi connectivity index (χ2v) is 7.62. The molecule has 3 aromatic carbocycles. The van der Waals surface area contributed by atoms with Gasteiger partial charge in [-0.05, 0) is 12.1 Å². The molecule has 12 nitrogen and oxygen atoms in total. The molecule has 5 aromatic rings. The number of rotatable bonds is 4. The molecule has 0 aliphatic rings. The van der Waals surface area contributed by atoms with Gasteiger partial charge >= 0.3 is 0 Å². The maximum atomic E-state index is 13.4. The van der Waals surface area contributed by atoms with E-state index in [0.29, 0.717) is 0 Å². The fraction of sp³-hybridized carbons (Fsp3) is 0.167. The summed E-state index contributed by atoms with van der Waals surface area (Å²) in [6, 6.07) is 2.52. The van der Waals surface area contributed by atoms with Crippen LogP contribution in [0, 0.1) is 0 Å². The molecule has 12 heteroatoms. The van der Waals surface area contributed by atoms with Crippen LogP contribution in [0.2, 0.25) is 0 Å². The standard InChI is InChI=1S/C24H18O12/c1-31-21-13(27)9-11(25)7-5-6-8-12(26)10-14(28)22(32-2)24(34-4)16(30)20(10)36-18(8)17(7)35-19(9)15(29)23(21)33-3/h5-6,27-30H,1-4H3. The molecule has 0 atom stereocenters. The zero-order chi connectivity index (χ0) is 26.0. The second-order valence-electron chi connectivity index (χ2n) is 7.62. The Morgan fingerprint density at radius 2 is 0.833 bits per heavy atom. The van der Waals surface area contributed by atoms with Crippen molar-refractivity contribution in [1.82, 2.24) is 0 Å². The van der Waals surface area contributed by atoms with Gasteiger partial charge in [-0.2, -0.15) is 0 Å². The van der Waals surface area contributed by atoms with Crippen molar-refractivity contribution >= 4 is 43.9 Å². The van der Waals surface area contributed by atoms with Crippen LogP contribution in [0.3, 0.4) is 0 Å². The Kier molecular flexibility index (Phi) is 4.91. The summed E-state index contributed by atoms with van der Waals surface area (Å²) in [6.07, 6.45) is 0. The van der Waals surface area contributed by atoms with Crippen molar-refractivity contribution < 1.29 is 48.2 Å². The van der Waals surface area contributed by atoms with E-state index in [4.69, 9.17) is 27.8 Å². The lowest BCUT2D eigenvalue weighted by Crippen LogP contribution is -2.08. The molecule has 0 aliphatic carbocycles. The Morgan fingerprint density at radius 3 is 1.14 bits per heavy atom. The van der Waals surface area contributed by atoms with Crippen LogP contribution in [0.5, 0.6) is 46.0 Å². The van der Waals surface area contributed by atoms with Crippen LogP contribution in [0.25, 0.3) is 43.9 Å². The highest BCUT2D eigenvalue weighted by molar-refractivity contribution is 6.09. The number of phenols is 4. The van der Waals surface area contributed by atoms with Crippen molar-refractivity contribution in [3.05, 3.63) is 32.6 Å². The number of aromatic hydroxyl groups is 4. The van der Waals surface area contributed by atoms with Crippen LogP contribution in [0.15, 0.2) is 30.6 Å². The van der Waals surface area contributed by atoms with E-state index in [2.05, 4.69) is 0 Å². The lowest BCUT2D eigenvalue weighted by molar-refractivity contribution is 0.317. The highest BCUT2D eigenvalue weighted by Gasteiger charge is 2.29. The first-order chi connectivity index (χ1) is 17.2. The van der Waals surface area contributed by atoms with E-state index >= 15 is 0 Å². The minimum absolute atomic E-state index is 0.122. The normalized spacial score (nSPS) is 11.4. The quantitative estimate of drug-likeness (QED) is 0.162. The van der Waals surface area contributed by atoms with Crippen molar-refractivity contribution in [1.29, 1.82) is 0 Å². The molecule has 2 heterocycles. The van der Waals surface area contributed by atoms with Gasteiger partial charge in [-0.25, -0.2) is 0 Å². The first-order valence-electron chi connectivity index (χ1n) is 10.2. The monoisotopic (exact) mass is 498 g/mol. The number of fused-ring (bicyclic) bond motifs is 5. The van der Waals surface area contributed by atoms with E-state index < -0.39 is 55.8 Å². The van der Waals surface area contributed by atoms with Crippen molar-refractivity contribution in [2.24, 2.45) is 0 Å². The zero-order valence-corrected chi connectivity index (χ0v) is 19.2. The molecule has 0 radical (unpaired) electrons. The number of ether oxygens (including phenoxy) is 4. The van der Waals surface area contributed by atoms with Crippen LogP contribution in [0.4, 0.5) is 0 Å². The van der Waals surface area contributed by atoms with Gasteiger partial charge in [0.1, 0.15) is 10.8 Å². The topological polar surface area (TPSA) is 178 Å². The predicted molar refractivity (Wildman–Crippen MR) is 126 cm³/mol. The van der Waals surface area contributed by atoms with Gasteiger partial charge in [0, 0.05) is 0 Å². The van der Waals surface area contributed by atoms with Crippen molar-refractivity contribution in [2.45, 2.75) is 0 Å². The molecule has 0 saturated carbocycles. The molecular formula is C24H18O12. The summed E-state index contributed by atoms with van der Waals surface area (Å²) in [4.78, 5) is 26.7. The van der Waals surface area contributed by atoms with E-state index in [-0.39, 0.29) is 44.9 Å². The molecule has 0 saturated heterocycles. The lowest BCUT2D eigenvalue weighted by atomic mass is 10.1. The first-order valence-corrected chi connectivity index (χ1v) is 10.2. The Bertz CT molecular complexity index is 1730. The predicted octanol–water partition coefficient (Wildman–Crippen LogP) is 3.06. The molecule has 0 fully saturated rings. The van der Waals surface area contributed by atoms with Gasteiger partial charge in [-0.15, -0.1) is 0 Å². The third-order valence-corrected chi connectivity index (χ3v) is 5.91. The molecule has 2 aromatic heterocycles. The van der Waals surface area contributed by atoms with Crippen molar-refractivity contribution in [3.8, 4) is 46.0 Å². The summed E-state index contributed by atoms with van der Waals surface area (Å²) in [5.74, 6) is -3.70. The SMILES string of the molecule is COc1c(OC)c(O)c2c(=O)c3ccc4c(=O)c5c(O)c(OC)c(OC)c(O)c5oc4c3oc2c1O. The van der Waals surface area contributed by atoms with E-state index in [1.54, 1.807) is 0 Å². The number of methoxy groups -OCH3 is 4. The number of phenolic OH excluding ortho intramolecular Hbond substituents is 4. The number of hydrogen-bond donors (Lipinski definition) is 4. The Morgan fingerprint density at radius 1 is 0.528 bits per heavy atom. The van der Waals surface area contributed by atoms with Gasteiger partial charge in [0.25, 0.3) is 0 Å². The third-order valence-electron chi connectivity index (χ3n) is 5.91. The van der Waals surface area contributed by atoms with Crippen LogP contribution in [-0.2, 0) is 0 Å². The van der Waals surface area contributed by atoms with Gasteiger partial charge in [-0.3, -0.25) is 9.59 Å². The molecule has 4 N–H and O–H groups in total. The van der Waals surface area contributed by atoms with Crippen molar-refractivity contribution in [3.63, 3.8) is 0 Å². The van der Waals surface area contributed by atoms with Gasteiger partial charge in [0.15, 0.2) is 33.8 Å². The van der Waals surface area contributed by atoms with E-state index in [1.807, 2.05) is 0 Å². The third kappa shape index (κ3) is 2.69. The molecule has 186 valence electrons.